The lowest BCUT2D eigenvalue weighted by Gasteiger charge is -2.45. The van der Waals surface area contributed by atoms with Crippen molar-refractivity contribution in [2.24, 2.45) is 0 Å². The first-order valence-corrected chi connectivity index (χ1v) is 10.2. The third-order valence-electron chi connectivity index (χ3n) is 5.85. The minimum Gasteiger partial charge on any atom is -0.385 e. The molecule has 154 valence electrons. The molecule has 2 aromatic rings. The molecule has 0 unspecified atom stereocenters. The highest BCUT2D eigenvalue weighted by Gasteiger charge is 2.60. The molecule has 1 N–H and O–H groups in total. The quantitative estimate of drug-likeness (QED) is 0.851. The molecule has 5 rings (SSSR count). The number of benzene rings is 2. The van der Waals surface area contributed by atoms with Crippen molar-refractivity contribution in [3.05, 3.63) is 71.8 Å². The smallest absolute Gasteiger partial charge is 0.221 e. The van der Waals surface area contributed by atoms with Gasteiger partial charge in [0.15, 0.2) is 5.79 Å². The number of hydrogen-bond donors (Lipinski definition) is 1. The fourth-order valence-corrected chi connectivity index (χ4v) is 4.48. The molecular weight excluding hydrogens is 372 g/mol. The van der Waals surface area contributed by atoms with Crippen LogP contribution < -0.4 is 0 Å². The molecule has 3 aliphatic rings. The van der Waals surface area contributed by atoms with Crippen molar-refractivity contribution >= 4 is 0 Å². The van der Waals surface area contributed by atoms with Gasteiger partial charge in [-0.25, -0.2) is 0 Å². The van der Waals surface area contributed by atoms with E-state index in [4.69, 9.17) is 23.7 Å². The van der Waals surface area contributed by atoms with E-state index >= 15 is 0 Å². The van der Waals surface area contributed by atoms with Crippen LogP contribution >= 0.6 is 0 Å². The van der Waals surface area contributed by atoms with Crippen molar-refractivity contribution in [3.8, 4) is 0 Å². The lowest BCUT2D eigenvalue weighted by atomic mass is 9.96. The van der Waals surface area contributed by atoms with Crippen molar-refractivity contribution < 1.29 is 28.8 Å². The Morgan fingerprint density at radius 3 is 2.07 bits per heavy atom. The topological polar surface area (TPSA) is 66.4 Å². The molecule has 0 aliphatic carbocycles. The van der Waals surface area contributed by atoms with Gasteiger partial charge in [-0.15, -0.1) is 0 Å². The van der Waals surface area contributed by atoms with Crippen LogP contribution in [0.4, 0.5) is 0 Å². The van der Waals surface area contributed by atoms with Gasteiger partial charge in [-0.1, -0.05) is 60.7 Å². The number of aliphatic hydroxyl groups is 1. The summed E-state index contributed by atoms with van der Waals surface area (Å²) in [6.07, 6.45) is -0.749. The molecule has 3 fully saturated rings. The first-order chi connectivity index (χ1) is 14.2. The normalized spacial score (nSPS) is 33.5. The average molecular weight is 398 g/mol. The molecule has 1 spiro atoms. The van der Waals surface area contributed by atoms with Gasteiger partial charge in [0.05, 0.1) is 19.8 Å². The van der Waals surface area contributed by atoms with E-state index in [0.29, 0.717) is 26.1 Å². The second-order valence-electron chi connectivity index (χ2n) is 7.94. The number of ether oxygens (including phenoxy) is 5. The predicted molar refractivity (Wildman–Crippen MR) is 104 cm³/mol. The molecule has 0 radical (unpaired) electrons. The van der Waals surface area contributed by atoms with Crippen LogP contribution in [0.5, 0.6) is 0 Å². The molecule has 2 aromatic carbocycles. The Hall–Kier alpha value is -1.80. The van der Waals surface area contributed by atoms with Gasteiger partial charge in [0.25, 0.3) is 0 Å². The maximum absolute atomic E-state index is 11.1. The van der Waals surface area contributed by atoms with Crippen molar-refractivity contribution in [3.63, 3.8) is 0 Å². The largest absolute Gasteiger partial charge is 0.385 e. The zero-order valence-electron chi connectivity index (χ0n) is 16.2. The van der Waals surface area contributed by atoms with E-state index in [2.05, 4.69) is 24.3 Å². The van der Waals surface area contributed by atoms with E-state index in [1.165, 1.54) is 0 Å². The van der Waals surface area contributed by atoms with Crippen LogP contribution in [0.15, 0.2) is 60.7 Å². The summed E-state index contributed by atoms with van der Waals surface area (Å²) < 4.78 is 30.2. The van der Waals surface area contributed by atoms with Gasteiger partial charge in [-0.2, -0.15) is 0 Å². The Labute approximate surface area is 170 Å². The fourth-order valence-electron chi connectivity index (χ4n) is 4.48. The molecule has 29 heavy (non-hydrogen) atoms. The predicted octanol–water partition coefficient (Wildman–Crippen LogP) is 2.09. The Bertz CT molecular complexity index is 763. The lowest BCUT2D eigenvalue weighted by Crippen LogP contribution is -2.64. The van der Waals surface area contributed by atoms with Crippen LogP contribution in [-0.2, 0) is 36.5 Å². The Kier molecular flexibility index (Phi) is 5.16. The van der Waals surface area contributed by atoms with Gasteiger partial charge in [0.1, 0.15) is 24.9 Å². The van der Waals surface area contributed by atoms with Gasteiger partial charge in [0, 0.05) is 12.8 Å². The van der Waals surface area contributed by atoms with Gasteiger partial charge in [-0.05, 0) is 11.1 Å². The molecule has 0 bridgehead atoms. The van der Waals surface area contributed by atoms with Crippen LogP contribution in [0.25, 0.3) is 0 Å². The summed E-state index contributed by atoms with van der Waals surface area (Å²) in [5, 5.41) is 11.1. The standard InChI is InChI=1S/C23H26O6/c24-21-20-19(15-27-23(21)16-25-11-12-26-23)28-22(29-20,13-17-7-3-1-4-8-17)14-18-9-5-2-6-10-18/h1-10,19-21,24H,11-16H2/t19-,20-,21+,23-/m1/s1. The minimum absolute atomic E-state index is 0.186. The number of rotatable bonds is 4. The lowest BCUT2D eigenvalue weighted by molar-refractivity contribution is -0.361. The monoisotopic (exact) mass is 398 g/mol. The zero-order chi connectivity index (χ0) is 19.7. The Balaban J connectivity index is 1.43. The Morgan fingerprint density at radius 1 is 0.828 bits per heavy atom. The minimum atomic E-state index is -1.18. The van der Waals surface area contributed by atoms with E-state index in [-0.39, 0.29) is 19.3 Å². The van der Waals surface area contributed by atoms with Gasteiger partial charge in [-0.3, -0.25) is 0 Å². The van der Waals surface area contributed by atoms with Crippen LogP contribution in [0, 0.1) is 0 Å². The molecule has 0 saturated carbocycles. The first-order valence-electron chi connectivity index (χ1n) is 10.2. The zero-order valence-corrected chi connectivity index (χ0v) is 16.2. The summed E-state index contributed by atoms with van der Waals surface area (Å²) in [5.74, 6) is -2.07. The maximum Gasteiger partial charge on any atom is 0.221 e. The summed E-state index contributed by atoms with van der Waals surface area (Å²) in [6, 6.07) is 20.3. The van der Waals surface area contributed by atoms with Gasteiger partial charge in [0.2, 0.25) is 5.79 Å². The van der Waals surface area contributed by atoms with Crippen LogP contribution in [0.2, 0.25) is 0 Å². The van der Waals surface area contributed by atoms with Crippen molar-refractivity contribution in [2.45, 2.75) is 42.7 Å². The highest BCUT2D eigenvalue weighted by atomic mass is 16.8. The molecule has 6 nitrogen and oxygen atoms in total. The van der Waals surface area contributed by atoms with Crippen molar-refractivity contribution in [1.82, 2.24) is 0 Å². The summed E-state index contributed by atoms with van der Waals surface area (Å²) in [6.45, 7) is 1.35. The fraction of sp³-hybridized carbons (Fsp3) is 0.478. The molecule has 6 heteroatoms. The second-order valence-corrected chi connectivity index (χ2v) is 7.94. The third-order valence-corrected chi connectivity index (χ3v) is 5.85. The molecule has 3 saturated heterocycles. The molecule has 0 aromatic heterocycles. The van der Waals surface area contributed by atoms with E-state index in [1.54, 1.807) is 0 Å². The van der Waals surface area contributed by atoms with Crippen LogP contribution in [0.3, 0.4) is 0 Å². The average Bonchev–Trinajstić information content (AvgIpc) is 3.12. The van der Waals surface area contributed by atoms with Crippen LogP contribution in [0.1, 0.15) is 11.1 Å². The summed E-state index contributed by atoms with van der Waals surface area (Å²) in [4.78, 5) is 0. The molecule has 0 amide bonds. The van der Waals surface area contributed by atoms with Gasteiger partial charge >= 0.3 is 0 Å². The maximum atomic E-state index is 11.1. The van der Waals surface area contributed by atoms with E-state index in [9.17, 15) is 5.11 Å². The summed E-state index contributed by atoms with van der Waals surface area (Å²) in [7, 11) is 0. The van der Waals surface area contributed by atoms with Gasteiger partial charge < -0.3 is 28.8 Å². The summed E-state index contributed by atoms with van der Waals surface area (Å²) in [5.41, 5.74) is 2.23. The van der Waals surface area contributed by atoms with Crippen LogP contribution in [-0.4, -0.2) is 61.4 Å². The van der Waals surface area contributed by atoms with Crippen molar-refractivity contribution in [1.29, 1.82) is 0 Å². The Morgan fingerprint density at radius 2 is 1.48 bits per heavy atom. The van der Waals surface area contributed by atoms with E-state index < -0.39 is 23.8 Å². The molecule has 4 atom stereocenters. The summed E-state index contributed by atoms with van der Waals surface area (Å²) >= 11 is 0. The molecular formula is C23H26O6. The first kappa shape index (κ1) is 19.2. The number of fused-ring (bicyclic) bond motifs is 1. The molecule has 3 heterocycles. The second kappa shape index (κ2) is 7.80. The number of aliphatic hydroxyl groups excluding tert-OH is 1. The van der Waals surface area contributed by atoms with E-state index in [0.717, 1.165) is 11.1 Å². The molecule has 3 aliphatic heterocycles. The SMILES string of the molecule is O[C@H]1[C@@H]2OC(Cc3ccccc3)(Cc3ccccc3)O[C@@H]2CO[C@]12COCCO2. The number of hydrogen-bond acceptors (Lipinski definition) is 6. The highest BCUT2D eigenvalue weighted by Crippen LogP contribution is 2.42. The van der Waals surface area contributed by atoms with Crippen molar-refractivity contribution in [2.75, 3.05) is 26.4 Å². The van der Waals surface area contributed by atoms with E-state index in [1.807, 2.05) is 36.4 Å². The highest BCUT2D eigenvalue weighted by molar-refractivity contribution is 5.21. The third kappa shape index (κ3) is 3.72.